The summed E-state index contributed by atoms with van der Waals surface area (Å²) in [5, 5.41) is 2.85. The molecule has 0 saturated carbocycles. The van der Waals surface area contributed by atoms with Gasteiger partial charge in [-0.15, -0.1) is 0 Å². The average molecular weight is 288 g/mol. The van der Waals surface area contributed by atoms with Crippen molar-refractivity contribution in [1.82, 2.24) is 9.97 Å². The van der Waals surface area contributed by atoms with Gasteiger partial charge in [0.05, 0.1) is 17.1 Å². The maximum atomic E-state index is 11.9. The van der Waals surface area contributed by atoms with Gasteiger partial charge in [-0.05, 0) is 24.6 Å². The van der Waals surface area contributed by atoms with E-state index in [-0.39, 0.29) is 11.3 Å². The highest BCUT2D eigenvalue weighted by atomic mass is 16.2. The van der Waals surface area contributed by atoms with Crippen molar-refractivity contribution in [3.05, 3.63) is 24.0 Å². The first kappa shape index (κ1) is 15.5. The van der Waals surface area contributed by atoms with E-state index in [4.69, 9.17) is 5.73 Å². The van der Waals surface area contributed by atoms with Crippen LogP contribution < -0.4 is 11.1 Å². The highest BCUT2D eigenvalue weighted by Crippen LogP contribution is 2.24. The quantitative estimate of drug-likeness (QED) is 0.808. The minimum Gasteiger partial charge on any atom is -0.341 e. The second-order valence-electron chi connectivity index (χ2n) is 6.45. The molecule has 21 heavy (non-hydrogen) atoms. The molecule has 1 atom stereocenters. The molecule has 0 spiro atoms. The number of carbonyl (C=O) groups excluding carboxylic acids is 1. The Hall–Kier alpha value is -1.88. The second-order valence-corrected chi connectivity index (χ2v) is 6.45. The largest absolute Gasteiger partial charge is 0.341 e. The third-order valence-corrected chi connectivity index (χ3v) is 3.40. The zero-order chi connectivity index (χ0) is 15.6. The first-order valence-electron chi connectivity index (χ1n) is 7.38. The lowest BCUT2D eigenvalue weighted by molar-refractivity contribution is -0.117. The van der Waals surface area contributed by atoms with Crippen LogP contribution in [0.2, 0.25) is 0 Å². The van der Waals surface area contributed by atoms with E-state index in [0.29, 0.717) is 6.42 Å². The van der Waals surface area contributed by atoms with Gasteiger partial charge in [0, 0.05) is 11.1 Å². The molecule has 1 heterocycles. The summed E-state index contributed by atoms with van der Waals surface area (Å²) in [5.74, 6) is 0.787. The summed E-state index contributed by atoms with van der Waals surface area (Å²) >= 11 is 0. The fourth-order valence-corrected chi connectivity index (χ4v) is 2.12. The standard InChI is InChI=1S/C16H24N4O/c1-5-6-11(17)14(21)18-10-7-8-12-13(9-10)20-15(19-12)16(2,3)4/h7-9,11H,5-6,17H2,1-4H3,(H,18,21)(H,19,20)/t11-/m0/s1. The Balaban J connectivity index is 2.21. The van der Waals surface area contributed by atoms with Gasteiger partial charge >= 0.3 is 0 Å². The SMILES string of the molecule is CCC[C@H](N)C(=O)Nc1ccc2nc(C(C)(C)C)[nH]c2c1. The topological polar surface area (TPSA) is 83.8 Å². The number of H-pyrrole nitrogens is 1. The number of aromatic nitrogens is 2. The Morgan fingerprint density at radius 2 is 2.14 bits per heavy atom. The molecule has 2 rings (SSSR count). The number of nitrogens with two attached hydrogens (primary N) is 1. The molecule has 1 aromatic heterocycles. The van der Waals surface area contributed by atoms with E-state index >= 15 is 0 Å². The number of aromatic amines is 1. The first-order valence-corrected chi connectivity index (χ1v) is 7.38. The lowest BCUT2D eigenvalue weighted by Gasteiger charge is -2.13. The van der Waals surface area contributed by atoms with E-state index in [1.54, 1.807) is 0 Å². The number of amides is 1. The molecule has 0 aliphatic rings. The fourth-order valence-electron chi connectivity index (χ4n) is 2.12. The van der Waals surface area contributed by atoms with E-state index in [9.17, 15) is 4.79 Å². The molecule has 0 fully saturated rings. The van der Waals surface area contributed by atoms with Crippen LogP contribution in [0.4, 0.5) is 5.69 Å². The molecule has 0 radical (unpaired) electrons. The van der Waals surface area contributed by atoms with Crippen LogP contribution in [0, 0.1) is 0 Å². The number of nitrogens with zero attached hydrogens (tertiary/aromatic N) is 1. The Morgan fingerprint density at radius 1 is 1.43 bits per heavy atom. The number of carbonyl (C=O) groups is 1. The monoisotopic (exact) mass is 288 g/mol. The minimum absolute atomic E-state index is 0.0358. The molecule has 1 aromatic carbocycles. The fraction of sp³-hybridized carbons (Fsp3) is 0.500. The van der Waals surface area contributed by atoms with E-state index < -0.39 is 6.04 Å². The van der Waals surface area contributed by atoms with Gasteiger partial charge in [-0.25, -0.2) is 4.98 Å². The lowest BCUT2D eigenvalue weighted by atomic mass is 9.96. The van der Waals surface area contributed by atoms with Crippen LogP contribution in [-0.2, 0) is 10.2 Å². The van der Waals surface area contributed by atoms with Crippen LogP contribution >= 0.6 is 0 Å². The van der Waals surface area contributed by atoms with Crippen molar-refractivity contribution in [2.75, 3.05) is 5.32 Å². The van der Waals surface area contributed by atoms with Crippen LogP contribution in [0.15, 0.2) is 18.2 Å². The predicted molar refractivity (Wildman–Crippen MR) is 86.3 cm³/mol. The molecule has 0 bridgehead atoms. The van der Waals surface area contributed by atoms with E-state index in [1.807, 2.05) is 25.1 Å². The molecule has 0 saturated heterocycles. The third-order valence-electron chi connectivity index (χ3n) is 3.40. The Kier molecular flexibility index (Phi) is 4.32. The molecule has 0 aliphatic carbocycles. The highest BCUT2D eigenvalue weighted by Gasteiger charge is 2.18. The van der Waals surface area contributed by atoms with E-state index in [0.717, 1.165) is 29.0 Å². The summed E-state index contributed by atoms with van der Waals surface area (Å²) in [5.41, 5.74) is 8.34. The normalized spacial score (nSPS) is 13.4. The molecule has 5 heteroatoms. The minimum atomic E-state index is -0.461. The Morgan fingerprint density at radius 3 is 2.76 bits per heavy atom. The Labute approximate surface area is 125 Å². The number of benzene rings is 1. The van der Waals surface area contributed by atoms with Crippen LogP contribution in [0.3, 0.4) is 0 Å². The number of anilines is 1. The summed E-state index contributed by atoms with van der Waals surface area (Å²) in [7, 11) is 0. The summed E-state index contributed by atoms with van der Waals surface area (Å²) in [6.45, 7) is 8.34. The van der Waals surface area contributed by atoms with Crippen LogP contribution in [0.5, 0.6) is 0 Å². The number of hydrogen-bond acceptors (Lipinski definition) is 3. The van der Waals surface area contributed by atoms with Gasteiger partial charge in [0.1, 0.15) is 5.82 Å². The number of rotatable bonds is 4. The smallest absolute Gasteiger partial charge is 0.241 e. The van der Waals surface area contributed by atoms with Crippen LogP contribution in [0.1, 0.15) is 46.4 Å². The summed E-state index contributed by atoms with van der Waals surface area (Å²) in [6.07, 6.45) is 1.58. The maximum absolute atomic E-state index is 11.9. The molecular formula is C16H24N4O. The summed E-state index contributed by atoms with van der Waals surface area (Å²) in [6, 6.07) is 5.19. The van der Waals surface area contributed by atoms with Crippen LogP contribution in [0.25, 0.3) is 11.0 Å². The van der Waals surface area contributed by atoms with Crippen molar-refractivity contribution >= 4 is 22.6 Å². The van der Waals surface area contributed by atoms with Gasteiger partial charge in [0.15, 0.2) is 0 Å². The van der Waals surface area contributed by atoms with Gasteiger partial charge in [-0.2, -0.15) is 0 Å². The summed E-state index contributed by atoms with van der Waals surface area (Å²) < 4.78 is 0. The third kappa shape index (κ3) is 3.61. The molecule has 2 aromatic rings. The zero-order valence-electron chi connectivity index (χ0n) is 13.2. The van der Waals surface area contributed by atoms with Gasteiger partial charge in [0.25, 0.3) is 0 Å². The van der Waals surface area contributed by atoms with Crippen LogP contribution in [-0.4, -0.2) is 21.9 Å². The maximum Gasteiger partial charge on any atom is 0.241 e. The van der Waals surface area contributed by atoms with E-state index in [1.165, 1.54) is 0 Å². The predicted octanol–water partition coefficient (Wildman–Crippen LogP) is 2.93. The second kappa shape index (κ2) is 5.85. The van der Waals surface area contributed by atoms with Gasteiger partial charge in [0.2, 0.25) is 5.91 Å². The average Bonchev–Trinajstić information content (AvgIpc) is 2.82. The number of fused-ring (bicyclic) bond motifs is 1. The molecular weight excluding hydrogens is 264 g/mol. The van der Waals surface area contributed by atoms with Crippen molar-refractivity contribution in [3.8, 4) is 0 Å². The van der Waals surface area contributed by atoms with Crippen molar-refractivity contribution in [2.24, 2.45) is 5.73 Å². The van der Waals surface area contributed by atoms with Gasteiger partial charge in [-0.3, -0.25) is 4.79 Å². The molecule has 0 unspecified atom stereocenters. The van der Waals surface area contributed by atoms with Crippen molar-refractivity contribution in [2.45, 2.75) is 52.0 Å². The molecule has 4 N–H and O–H groups in total. The zero-order valence-corrected chi connectivity index (χ0v) is 13.2. The van der Waals surface area contributed by atoms with Gasteiger partial charge in [-0.1, -0.05) is 34.1 Å². The molecule has 114 valence electrons. The van der Waals surface area contributed by atoms with Crippen molar-refractivity contribution in [3.63, 3.8) is 0 Å². The number of hydrogen-bond donors (Lipinski definition) is 3. The van der Waals surface area contributed by atoms with Crippen molar-refractivity contribution in [1.29, 1.82) is 0 Å². The highest BCUT2D eigenvalue weighted by molar-refractivity contribution is 5.96. The van der Waals surface area contributed by atoms with Gasteiger partial charge < -0.3 is 16.0 Å². The lowest BCUT2D eigenvalue weighted by Crippen LogP contribution is -2.35. The van der Waals surface area contributed by atoms with Crippen molar-refractivity contribution < 1.29 is 4.79 Å². The molecule has 0 aliphatic heterocycles. The number of nitrogens with one attached hydrogen (secondary N) is 2. The Bertz CT molecular complexity index is 639. The first-order chi connectivity index (χ1) is 9.81. The van der Waals surface area contributed by atoms with E-state index in [2.05, 4.69) is 36.1 Å². The molecule has 5 nitrogen and oxygen atoms in total. The summed E-state index contributed by atoms with van der Waals surface area (Å²) in [4.78, 5) is 19.8. The molecule has 1 amide bonds. The number of imidazole rings is 1.